The summed E-state index contributed by atoms with van der Waals surface area (Å²) in [6.07, 6.45) is 11.5. The highest BCUT2D eigenvalue weighted by atomic mass is 16.5. The standard InChI is InChI=1S/C23H38O2.H2O/c1-6-7-8-10-13-22(3,4)19-16-18(2)21(20(17-19)25-5)23(24)14-11-9-12-15-23;/h16-17,24H,6-15H2,1-5H3;1H2. The maximum absolute atomic E-state index is 11.2. The van der Waals surface area contributed by atoms with E-state index in [-0.39, 0.29) is 10.9 Å². The molecule has 0 aliphatic heterocycles. The van der Waals surface area contributed by atoms with Crippen LogP contribution in [-0.2, 0) is 11.0 Å². The first-order valence-corrected chi connectivity index (χ1v) is 10.3. The van der Waals surface area contributed by atoms with Gasteiger partial charge in [0, 0.05) is 5.56 Å². The monoisotopic (exact) mass is 364 g/mol. The average Bonchev–Trinajstić information content (AvgIpc) is 2.58. The minimum Gasteiger partial charge on any atom is -0.496 e. The van der Waals surface area contributed by atoms with Gasteiger partial charge in [-0.2, -0.15) is 0 Å². The van der Waals surface area contributed by atoms with Crippen molar-refractivity contribution in [2.45, 2.75) is 103 Å². The lowest BCUT2D eigenvalue weighted by atomic mass is 9.74. The van der Waals surface area contributed by atoms with Gasteiger partial charge in [-0.05, 0) is 48.8 Å². The molecule has 0 saturated heterocycles. The van der Waals surface area contributed by atoms with E-state index < -0.39 is 5.60 Å². The van der Waals surface area contributed by atoms with Crippen molar-refractivity contribution in [3.05, 3.63) is 28.8 Å². The van der Waals surface area contributed by atoms with Crippen LogP contribution >= 0.6 is 0 Å². The van der Waals surface area contributed by atoms with Crippen molar-refractivity contribution >= 4 is 0 Å². The minimum absolute atomic E-state index is 0. The lowest BCUT2D eigenvalue weighted by Crippen LogP contribution is -2.30. The number of methoxy groups -OCH3 is 1. The molecule has 0 aromatic heterocycles. The predicted molar refractivity (Wildman–Crippen MR) is 110 cm³/mol. The Bertz CT molecular complexity index is 557. The number of aliphatic hydroxyl groups is 1. The largest absolute Gasteiger partial charge is 0.496 e. The third-order valence-electron chi connectivity index (χ3n) is 6.10. The number of hydrogen-bond donors (Lipinski definition) is 1. The molecule has 0 spiro atoms. The second-order valence-corrected chi connectivity index (χ2v) is 8.66. The van der Waals surface area contributed by atoms with Crippen molar-refractivity contribution in [3.8, 4) is 5.75 Å². The second-order valence-electron chi connectivity index (χ2n) is 8.66. The SMILES string of the molecule is CCCCCCC(C)(C)c1cc(C)c(C2(O)CCCCC2)c(OC)c1.O. The predicted octanol–water partition coefficient (Wildman–Crippen LogP) is 5.58. The molecule has 0 unspecified atom stereocenters. The maximum atomic E-state index is 11.2. The molecule has 1 aliphatic carbocycles. The van der Waals surface area contributed by atoms with E-state index in [0.29, 0.717) is 0 Å². The molecule has 0 atom stereocenters. The topological polar surface area (TPSA) is 61.0 Å². The number of unbranched alkanes of at least 4 members (excludes halogenated alkanes) is 3. The first kappa shape index (κ1) is 23.0. The van der Waals surface area contributed by atoms with E-state index in [4.69, 9.17) is 4.74 Å². The van der Waals surface area contributed by atoms with Crippen LogP contribution in [0.25, 0.3) is 0 Å². The van der Waals surface area contributed by atoms with E-state index in [1.165, 1.54) is 49.7 Å². The average molecular weight is 365 g/mol. The Morgan fingerprint density at radius 2 is 1.73 bits per heavy atom. The van der Waals surface area contributed by atoms with Gasteiger partial charge in [-0.25, -0.2) is 0 Å². The van der Waals surface area contributed by atoms with Crippen LogP contribution in [0.5, 0.6) is 5.75 Å². The number of aryl methyl sites for hydroxylation is 1. The van der Waals surface area contributed by atoms with Crippen LogP contribution in [0.15, 0.2) is 12.1 Å². The van der Waals surface area contributed by atoms with Crippen LogP contribution in [0.4, 0.5) is 0 Å². The van der Waals surface area contributed by atoms with Crippen molar-refractivity contribution in [1.29, 1.82) is 0 Å². The van der Waals surface area contributed by atoms with Gasteiger partial charge in [0.1, 0.15) is 5.75 Å². The van der Waals surface area contributed by atoms with Crippen molar-refractivity contribution in [3.63, 3.8) is 0 Å². The van der Waals surface area contributed by atoms with Gasteiger partial charge in [-0.1, -0.05) is 71.8 Å². The van der Waals surface area contributed by atoms with Gasteiger partial charge < -0.3 is 15.3 Å². The van der Waals surface area contributed by atoms with Gasteiger partial charge in [0.25, 0.3) is 0 Å². The smallest absolute Gasteiger partial charge is 0.125 e. The van der Waals surface area contributed by atoms with E-state index in [9.17, 15) is 5.11 Å². The summed E-state index contributed by atoms with van der Waals surface area (Å²) in [6.45, 7) is 9.07. The van der Waals surface area contributed by atoms with E-state index in [1.54, 1.807) is 7.11 Å². The fraction of sp³-hybridized carbons (Fsp3) is 0.739. The molecule has 1 aromatic carbocycles. The van der Waals surface area contributed by atoms with Crippen LogP contribution in [0.2, 0.25) is 0 Å². The Hall–Kier alpha value is -1.06. The summed E-state index contributed by atoms with van der Waals surface area (Å²) in [5, 5.41) is 11.2. The summed E-state index contributed by atoms with van der Waals surface area (Å²) >= 11 is 0. The third kappa shape index (κ3) is 5.23. The van der Waals surface area contributed by atoms with Crippen molar-refractivity contribution in [1.82, 2.24) is 0 Å². The van der Waals surface area contributed by atoms with Gasteiger partial charge in [-0.15, -0.1) is 0 Å². The third-order valence-corrected chi connectivity index (χ3v) is 6.10. The highest BCUT2D eigenvalue weighted by Crippen LogP contribution is 2.45. The summed E-state index contributed by atoms with van der Waals surface area (Å²) < 4.78 is 5.76. The minimum atomic E-state index is -0.711. The zero-order chi connectivity index (χ0) is 18.5. The number of rotatable bonds is 8. The summed E-state index contributed by atoms with van der Waals surface area (Å²) in [5.41, 5.74) is 2.97. The van der Waals surface area contributed by atoms with E-state index in [2.05, 4.69) is 39.8 Å². The molecular formula is C23H40O3. The molecule has 26 heavy (non-hydrogen) atoms. The van der Waals surface area contributed by atoms with Crippen LogP contribution in [0.1, 0.15) is 102 Å². The van der Waals surface area contributed by atoms with Gasteiger partial charge in [0.15, 0.2) is 0 Å². The molecular weight excluding hydrogens is 324 g/mol. The molecule has 1 saturated carbocycles. The Labute approximate surface area is 160 Å². The summed E-state index contributed by atoms with van der Waals surface area (Å²) in [7, 11) is 1.74. The quantitative estimate of drug-likeness (QED) is 0.612. The van der Waals surface area contributed by atoms with Crippen molar-refractivity contribution in [2.75, 3.05) is 7.11 Å². The lowest BCUT2D eigenvalue weighted by molar-refractivity contribution is -0.00318. The number of benzene rings is 1. The Kier molecular flexibility index (Phi) is 8.62. The van der Waals surface area contributed by atoms with Crippen LogP contribution in [0.3, 0.4) is 0 Å². The highest BCUT2D eigenvalue weighted by Gasteiger charge is 2.36. The van der Waals surface area contributed by atoms with Crippen LogP contribution < -0.4 is 4.74 Å². The molecule has 0 radical (unpaired) electrons. The molecule has 2 rings (SSSR count). The Morgan fingerprint density at radius 1 is 1.08 bits per heavy atom. The van der Waals surface area contributed by atoms with Gasteiger partial charge in [0.2, 0.25) is 0 Å². The van der Waals surface area contributed by atoms with Crippen molar-refractivity contribution < 1.29 is 15.3 Å². The first-order chi connectivity index (χ1) is 11.8. The normalized spacial score (nSPS) is 16.8. The summed E-state index contributed by atoms with van der Waals surface area (Å²) in [4.78, 5) is 0. The molecule has 0 amide bonds. The van der Waals surface area contributed by atoms with Crippen LogP contribution in [0, 0.1) is 6.92 Å². The molecule has 150 valence electrons. The number of ether oxygens (including phenoxy) is 1. The molecule has 1 fully saturated rings. The fourth-order valence-corrected chi connectivity index (χ4v) is 4.43. The molecule has 1 aliphatic rings. The van der Waals surface area contributed by atoms with E-state index in [1.807, 2.05) is 0 Å². The molecule has 3 N–H and O–H groups in total. The van der Waals surface area contributed by atoms with E-state index in [0.717, 1.165) is 37.0 Å². The first-order valence-electron chi connectivity index (χ1n) is 10.3. The summed E-state index contributed by atoms with van der Waals surface area (Å²) in [5.74, 6) is 0.876. The number of hydrogen-bond acceptors (Lipinski definition) is 2. The zero-order valence-corrected chi connectivity index (χ0v) is 17.6. The van der Waals surface area contributed by atoms with E-state index >= 15 is 0 Å². The van der Waals surface area contributed by atoms with Gasteiger partial charge in [0.05, 0.1) is 12.7 Å². The summed E-state index contributed by atoms with van der Waals surface area (Å²) in [6, 6.07) is 4.49. The molecule has 1 aromatic rings. The van der Waals surface area contributed by atoms with Crippen LogP contribution in [-0.4, -0.2) is 17.7 Å². The van der Waals surface area contributed by atoms with Gasteiger partial charge in [-0.3, -0.25) is 0 Å². The Balaban J connectivity index is 0.00000338. The molecule has 0 heterocycles. The van der Waals surface area contributed by atoms with Gasteiger partial charge >= 0.3 is 0 Å². The second kappa shape index (κ2) is 9.75. The molecule has 3 nitrogen and oxygen atoms in total. The molecule has 3 heteroatoms. The lowest BCUT2D eigenvalue weighted by Gasteiger charge is -2.36. The highest BCUT2D eigenvalue weighted by molar-refractivity contribution is 5.48. The zero-order valence-electron chi connectivity index (χ0n) is 17.6. The maximum Gasteiger partial charge on any atom is 0.125 e. The fourth-order valence-electron chi connectivity index (χ4n) is 4.43. The Morgan fingerprint density at radius 3 is 2.31 bits per heavy atom. The van der Waals surface area contributed by atoms with Crippen molar-refractivity contribution in [2.24, 2.45) is 0 Å². The molecule has 0 bridgehead atoms.